The van der Waals surface area contributed by atoms with Crippen molar-refractivity contribution < 1.29 is 24.9 Å². The van der Waals surface area contributed by atoms with Crippen molar-refractivity contribution >= 4 is 11.6 Å². The number of carbonyl (C=O) groups excluding carboxylic acids is 2. The van der Waals surface area contributed by atoms with E-state index in [4.69, 9.17) is 0 Å². The topological polar surface area (TPSA) is 94.8 Å². The van der Waals surface area contributed by atoms with E-state index >= 15 is 0 Å². The van der Waals surface area contributed by atoms with Gasteiger partial charge in [0.1, 0.15) is 0 Å². The Labute approximate surface area is 272 Å². The Morgan fingerprint density at radius 2 is 0.841 bits per heavy atom. The highest BCUT2D eigenvalue weighted by Crippen LogP contribution is 2.20. The first-order valence-corrected chi connectivity index (χ1v) is 18.8. The van der Waals surface area contributed by atoms with Crippen molar-refractivity contribution in [2.75, 3.05) is 6.61 Å². The second kappa shape index (κ2) is 31.7. The molecule has 5 nitrogen and oxygen atoms in total. The molecule has 0 aliphatic rings. The molecule has 5 heteroatoms. The lowest BCUT2D eigenvalue weighted by Crippen LogP contribution is -2.55. The van der Waals surface area contributed by atoms with Crippen LogP contribution in [-0.2, 0) is 9.59 Å². The largest absolute Gasteiger partial charge is 0.393 e. The lowest BCUT2D eigenvalue weighted by molar-refractivity contribution is -0.165. The number of aliphatic hydroxyl groups excluding tert-OH is 2. The van der Waals surface area contributed by atoms with E-state index in [1.54, 1.807) is 0 Å². The average Bonchev–Trinajstić information content (AvgIpc) is 3.03. The molecule has 3 N–H and O–H groups in total. The SMILES string of the molecule is CCCCCCCCC=CCCCCCCCC(=O)C(O)C(O)(CO)C(=O)CCCCCCCC=CCCCCCCCC. The highest BCUT2D eigenvalue weighted by molar-refractivity contribution is 5.96. The number of Topliss-reactive ketones (excluding diaryl/α,β-unsaturated/α-hetero) is 2. The highest BCUT2D eigenvalue weighted by atomic mass is 16.4. The first-order chi connectivity index (χ1) is 21.4. The quantitative estimate of drug-likeness (QED) is 0.0491. The van der Waals surface area contributed by atoms with E-state index in [9.17, 15) is 24.9 Å². The Bertz CT molecular complexity index is 715. The molecule has 2 atom stereocenters. The smallest absolute Gasteiger partial charge is 0.178 e. The van der Waals surface area contributed by atoms with E-state index in [0.29, 0.717) is 12.8 Å². The summed E-state index contributed by atoms with van der Waals surface area (Å²) in [6.07, 6.45) is 37.4. The first kappa shape index (κ1) is 42.7. The summed E-state index contributed by atoms with van der Waals surface area (Å²) in [5.74, 6) is -1.19. The molecule has 2 unspecified atom stereocenters. The summed E-state index contributed by atoms with van der Waals surface area (Å²) in [6, 6.07) is 0. The zero-order chi connectivity index (χ0) is 32.6. The number of allylic oxidation sites excluding steroid dienone is 4. The second-order valence-electron chi connectivity index (χ2n) is 13.0. The summed E-state index contributed by atoms with van der Waals surface area (Å²) in [4.78, 5) is 25.2. The van der Waals surface area contributed by atoms with Crippen molar-refractivity contribution in [2.45, 2.75) is 205 Å². The lowest BCUT2D eigenvalue weighted by atomic mass is 9.85. The number of aliphatic hydroxyl groups is 3. The monoisotopic (exact) mass is 621 g/mol. The molecule has 0 rings (SSSR count). The van der Waals surface area contributed by atoms with Crippen molar-refractivity contribution in [3.05, 3.63) is 24.3 Å². The van der Waals surface area contributed by atoms with Gasteiger partial charge in [0.2, 0.25) is 0 Å². The van der Waals surface area contributed by atoms with Gasteiger partial charge in [-0.3, -0.25) is 9.59 Å². The number of hydrogen-bond acceptors (Lipinski definition) is 5. The highest BCUT2D eigenvalue weighted by Gasteiger charge is 2.45. The van der Waals surface area contributed by atoms with Crippen LogP contribution in [0.4, 0.5) is 0 Å². The summed E-state index contributed by atoms with van der Waals surface area (Å²) >= 11 is 0. The first-order valence-electron chi connectivity index (χ1n) is 18.8. The van der Waals surface area contributed by atoms with E-state index < -0.39 is 29.9 Å². The normalized spacial score (nSPS) is 14.0. The van der Waals surface area contributed by atoms with Gasteiger partial charge in [-0.05, 0) is 64.2 Å². The molecule has 0 aromatic carbocycles. The molecule has 0 fully saturated rings. The van der Waals surface area contributed by atoms with Crippen molar-refractivity contribution in [2.24, 2.45) is 0 Å². The van der Waals surface area contributed by atoms with Gasteiger partial charge < -0.3 is 15.3 Å². The van der Waals surface area contributed by atoms with Gasteiger partial charge >= 0.3 is 0 Å². The van der Waals surface area contributed by atoms with Gasteiger partial charge in [-0.15, -0.1) is 0 Å². The second-order valence-corrected chi connectivity index (χ2v) is 13.0. The van der Waals surface area contributed by atoms with Crippen LogP contribution in [-0.4, -0.2) is 45.2 Å². The van der Waals surface area contributed by atoms with Gasteiger partial charge in [0.25, 0.3) is 0 Å². The van der Waals surface area contributed by atoms with Crippen molar-refractivity contribution in [1.82, 2.24) is 0 Å². The average molecular weight is 621 g/mol. The maximum absolute atomic E-state index is 12.7. The third kappa shape index (κ3) is 24.0. The summed E-state index contributed by atoms with van der Waals surface area (Å²) in [5, 5.41) is 30.8. The van der Waals surface area contributed by atoms with Crippen molar-refractivity contribution in [3.8, 4) is 0 Å². The zero-order valence-corrected chi connectivity index (χ0v) is 29.1. The molecule has 0 aliphatic heterocycles. The van der Waals surface area contributed by atoms with Crippen LogP contribution in [0.25, 0.3) is 0 Å². The van der Waals surface area contributed by atoms with E-state index in [2.05, 4.69) is 38.2 Å². The Morgan fingerprint density at radius 1 is 0.523 bits per heavy atom. The van der Waals surface area contributed by atoms with Gasteiger partial charge in [-0.25, -0.2) is 0 Å². The van der Waals surface area contributed by atoms with Crippen LogP contribution in [0.15, 0.2) is 24.3 Å². The van der Waals surface area contributed by atoms with Crippen molar-refractivity contribution in [3.63, 3.8) is 0 Å². The lowest BCUT2D eigenvalue weighted by Gasteiger charge is -2.29. The number of hydrogen-bond donors (Lipinski definition) is 3. The number of ketones is 2. The Morgan fingerprint density at radius 3 is 1.20 bits per heavy atom. The minimum absolute atomic E-state index is 0.0625. The summed E-state index contributed by atoms with van der Waals surface area (Å²) in [5.41, 5.74) is -2.39. The maximum atomic E-state index is 12.7. The molecule has 0 saturated heterocycles. The van der Waals surface area contributed by atoms with Gasteiger partial charge in [-0.1, -0.05) is 141 Å². The fraction of sp³-hybridized carbons (Fsp3) is 0.846. The van der Waals surface area contributed by atoms with Gasteiger partial charge in [0, 0.05) is 12.8 Å². The van der Waals surface area contributed by atoms with Gasteiger partial charge in [0.05, 0.1) is 6.61 Å². The molecule has 0 spiro atoms. The molecule has 0 aromatic heterocycles. The Balaban J connectivity index is 3.89. The van der Waals surface area contributed by atoms with Crippen LogP contribution in [0, 0.1) is 0 Å². The van der Waals surface area contributed by atoms with Crippen LogP contribution in [0.1, 0.15) is 194 Å². The van der Waals surface area contributed by atoms with Gasteiger partial charge in [-0.2, -0.15) is 0 Å². The van der Waals surface area contributed by atoms with Crippen LogP contribution in [0.3, 0.4) is 0 Å². The molecular weight excluding hydrogens is 548 g/mol. The number of carbonyl (C=O) groups is 2. The summed E-state index contributed by atoms with van der Waals surface area (Å²) in [6.45, 7) is 3.56. The third-order valence-corrected chi connectivity index (χ3v) is 8.83. The fourth-order valence-corrected chi connectivity index (χ4v) is 5.67. The molecule has 0 aromatic rings. The Hall–Kier alpha value is -1.30. The van der Waals surface area contributed by atoms with E-state index in [-0.39, 0.29) is 12.8 Å². The predicted molar refractivity (Wildman–Crippen MR) is 187 cm³/mol. The number of rotatable bonds is 34. The minimum atomic E-state index is -2.39. The molecule has 0 bridgehead atoms. The molecule has 44 heavy (non-hydrogen) atoms. The standard InChI is InChI=1S/C39H72O5/c1-3-5-7-9-11-13-15-17-19-21-23-25-27-29-31-33-36(41)38(43)39(44,35-40)37(42)34-32-30-28-26-24-22-20-18-16-14-12-10-8-6-4-2/h17-20,38,40,43-44H,3-16,21-35H2,1-2H3. The van der Waals surface area contributed by atoms with Crippen LogP contribution in [0.5, 0.6) is 0 Å². The van der Waals surface area contributed by atoms with E-state index in [1.165, 1.54) is 89.9 Å². The fourth-order valence-electron chi connectivity index (χ4n) is 5.67. The molecule has 0 saturated carbocycles. The molecule has 0 aliphatic carbocycles. The minimum Gasteiger partial charge on any atom is -0.393 e. The van der Waals surface area contributed by atoms with Crippen LogP contribution >= 0.6 is 0 Å². The molecule has 0 heterocycles. The van der Waals surface area contributed by atoms with Crippen molar-refractivity contribution in [1.29, 1.82) is 0 Å². The van der Waals surface area contributed by atoms with Crippen LogP contribution < -0.4 is 0 Å². The maximum Gasteiger partial charge on any atom is 0.178 e. The third-order valence-electron chi connectivity index (χ3n) is 8.83. The molecule has 258 valence electrons. The summed E-state index contributed by atoms with van der Waals surface area (Å²) in [7, 11) is 0. The van der Waals surface area contributed by atoms with Gasteiger partial charge in [0.15, 0.2) is 23.3 Å². The number of unbranched alkanes of at least 4 members (excludes halogenated alkanes) is 22. The van der Waals surface area contributed by atoms with E-state index in [1.807, 2.05) is 0 Å². The molecule has 0 amide bonds. The predicted octanol–water partition coefficient (Wildman–Crippen LogP) is 10.3. The Kier molecular flexibility index (Phi) is 30.7. The van der Waals surface area contributed by atoms with E-state index in [0.717, 1.165) is 64.2 Å². The molecule has 0 radical (unpaired) electrons. The summed E-state index contributed by atoms with van der Waals surface area (Å²) < 4.78 is 0. The zero-order valence-electron chi connectivity index (χ0n) is 29.1. The van der Waals surface area contributed by atoms with Crippen LogP contribution in [0.2, 0.25) is 0 Å². The molecular formula is C39H72O5.